The minimum absolute atomic E-state index is 0.0340. The van der Waals surface area contributed by atoms with Crippen LogP contribution in [-0.4, -0.2) is 58.1 Å². The van der Waals surface area contributed by atoms with E-state index in [0.717, 1.165) is 12.1 Å². The molecule has 0 spiro atoms. The molecule has 114 valence electrons. The van der Waals surface area contributed by atoms with Crippen molar-refractivity contribution in [3.63, 3.8) is 0 Å². The van der Waals surface area contributed by atoms with Crippen LogP contribution in [0.4, 0.5) is 0 Å². The molecule has 0 aliphatic rings. The Balaban J connectivity index is 2.60. The maximum Gasteiger partial charge on any atom is 0.175 e. The number of hydrogen-bond acceptors (Lipinski definition) is 5. The molecule has 1 N–H and O–H groups in total. The van der Waals surface area contributed by atoms with E-state index in [-0.39, 0.29) is 12.6 Å². The van der Waals surface area contributed by atoms with Crippen molar-refractivity contribution in [2.24, 2.45) is 0 Å². The number of rotatable bonds is 8. The van der Waals surface area contributed by atoms with E-state index in [4.69, 9.17) is 9.84 Å². The largest absolute Gasteiger partial charge is 0.394 e. The molecule has 6 heteroatoms. The molecule has 0 aliphatic carbocycles. The lowest BCUT2D eigenvalue weighted by Crippen LogP contribution is -2.26. The van der Waals surface area contributed by atoms with Gasteiger partial charge in [0.05, 0.1) is 24.7 Å². The molecule has 1 atom stereocenters. The zero-order valence-electron chi connectivity index (χ0n) is 12.2. The first-order valence-electron chi connectivity index (χ1n) is 6.55. The van der Waals surface area contributed by atoms with Crippen molar-refractivity contribution >= 4 is 9.84 Å². The van der Waals surface area contributed by atoms with Gasteiger partial charge < -0.3 is 9.84 Å². The summed E-state index contributed by atoms with van der Waals surface area (Å²) in [6.07, 6.45) is 1.20. The van der Waals surface area contributed by atoms with Gasteiger partial charge in [-0.2, -0.15) is 0 Å². The van der Waals surface area contributed by atoms with Gasteiger partial charge in [0.1, 0.15) is 0 Å². The summed E-state index contributed by atoms with van der Waals surface area (Å²) in [7, 11) is -1.16. The quantitative estimate of drug-likeness (QED) is 0.728. The molecule has 0 bridgehead atoms. The number of nitrogens with zero attached hydrogens (tertiary/aromatic N) is 1. The fraction of sp³-hybridized carbons (Fsp3) is 0.571. The van der Waals surface area contributed by atoms with Crippen molar-refractivity contribution in [1.29, 1.82) is 0 Å². The van der Waals surface area contributed by atoms with Gasteiger partial charge in [-0.15, -0.1) is 0 Å². The number of likely N-dealkylation sites (N-methyl/N-ethyl adjacent to an activating group) is 1. The van der Waals surface area contributed by atoms with Crippen LogP contribution in [0.25, 0.3) is 0 Å². The van der Waals surface area contributed by atoms with E-state index in [9.17, 15) is 8.42 Å². The van der Waals surface area contributed by atoms with Crippen molar-refractivity contribution in [2.45, 2.75) is 17.9 Å². The highest BCUT2D eigenvalue weighted by atomic mass is 32.2. The Hall–Kier alpha value is -0.950. The lowest BCUT2D eigenvalue weighted by molar-refractivity contribution is 0.0719. The molecule has 0 saturated heterocycles. The number of aliphatic hydroxyl groups excluding tert-OH is 1. The van der Waals surface area contributed by atoms with Crippen LogP contribution in [-0.2, 0) is 14.6 Å². The van der Waals surface area contributed by atoms with Crippen molar-refractivity contribution in [3.05, 3.63) is 29.8 Å². The molecular formula is C14H23NO4S. The number of benzene rings is 1. The Morgan fingerprint density at radius 2 is 1.85 bits per heavy atom. The minimum Gasteiger partial charge on any atom is -0.394 e. The van der Waals surface area contributed by atoms with Crippen LogP contribution in [0.1, 0.15) is 18.5 Å². The Bertz CT molecular complexity index is 498. The molecule has 0 radical (unpaired) electrons. The molecule has 0 unspecified atom stereocenters. The molecular weight excluding hydrogens is 278 g/mol. The predicted octanol–water partition coefficient (Wildman–Crippen LogP) is 1.09. The molecule has 0 aliphatic heterocycles. The van der Waals surface area contributed by atoms with Crippen molar-refractivity contribution in [3.8, 4) is 0 Å². The molecule has 0 heterocycles. The molecule has 0 saturated carbocycles. The van der Waals surface area contributed by atoms with Crippen LogP contribution >= 0.6 is 0 Å². The lowest BCUT2D eigenvalue weighted by Gasteiger charge is -2.25. The molecule has 1 aromatic rings. The topological polar surface area (TPSA) is 66.8 Å². The maximum atomic E-state index is 11.4. The zero-order valence-corrected chi connectivity index (χ0v) is 13.1. The van der Waals surface area contributed by atoms with Crippen LogP contribution in [0.3, 0.4) is 0 Å². The highest BCUT2D eigenvalue weighted by Crippen LogP contribution is 2.20. The summed E-state index contributed by atoms with van der Waals surface area (Å²) in [5.41, 5.74) is 1.06. The Morgan fingerprint density at radius 1 is 1.25 bits per heavy atom. The first kappa shape index (κ1) is 17.1. The third-order valence-corrected chi connectivity index (χ3v) is 4.40. The van der Waals surface area contributed by atoms with Crippen LogP contribution in [0, 0.1) is 0 Å². The molecule has 0 fully saturated rings. The SMILES string of the molecule is C[C@@H](c1ccc(S(C)(=O)=O)cc1)N(C)CCOCCO. The maximum absolute atomic E-state index is 11.4. The number of aliphatic hydroxyl groups is 1. The summed E-state index contributed by atoms with van der Waals surface area (Å²) in [6, 6.07) is 7.12. The highest BCUT2D eigenvalue weighted by Gasteiger charge is 2.13. The average Bonchev–Trinajstić information content (AvgIpc) is 2.41. The molecule has 0 amide bonds. The second-order valence-electron chi connectivity index (χ2n) is 4.83. The van der Waals surface area contributed by atoms with Gasteiger partial charge in [-0.25, -0.2) is 8.42 Å². The fourth-order valence-corrected chi connectivity index (χ4v) is 2.45. The molecule has 1 aromatic carbocycles. The van der Waals surface area contributed by atoms with E-state index in [1.807, 2.05) is 19.2 Å². The molecule has 5 nitrogen and oxygen atoms in total. The Kier molecular flexibility index (Phi) is 6.61. The second-order valence-corrected chi connectivity index (χ2v) is 6.85. The first-order chi connectivity index (χ1) is 9.36. The van der Waals surface area contributed by atoms with E-state index in [1.54, 1.807) is 12.1 Å². The fourth-order valence-electron chi connectivity index (χ4n) is 1.82. The van der Waals surface area contributed by atoms with Gasteiger partial charge in [-0.05, 0) is 31.7 Å². The monoisotopic (exact) mass is 301 g/mol. The molecule has 20 heavy (non-hydrogen) atoms. The summed E-state index contributed by atoms with van der Waals surface area (Å²) in [6.45, 7) is 3.75. The predicted molar refractivity (Wildman–Crippen MR) is 78.5 cm³/mol. The van der Waals surface area contributed by atoms with E-state index < -0.39 is 9.84 Å². The van der Waals surface area contributed by atoms with Crippen molar-refractivity contribution in [2.75, 3.05) is 39.7 Å². The minimum atomic E-state index is -3.14. The van der Waals surface area contributed by atoms with Gasteiger partial charge in [0.15, 0.2) is 9.84 Å². The van der Waals surface area contributed by atoms with Crippen molar-refractivity contribution in [1.82, 2.24) is 4.90 Å². The van der Waals surface area contributed by atoms with Gasteiger partial charge in [-0.3, -0.25) is 4.90 Å². The van der Waals surface area contributed by atoms with E-state index in [2.05, 4.69) is 11.8 Å². The van der Waals surface area contributed by atoms with E-state index >= 15 is 0 Å². The smallest absolute Gasteiger partial charge is 0.175 e. The average molecular weight is 301 g/mol. The summed E-state index contributed by atoms with van der Waals surface area (Å²) in [5, 5.41) is 8.62. The summed E-state index contributed by atoms with van der Waals surface area (Å²) < 4.78 is 28.0. The van der Waals surface area contributed by atoms with Gasteiger partial charge in [0.25, 0.3) is 0 Å². The third-order valence-electron chi connectivity index (χ3n) is 3.28. The van der Waals surface area contributed by atoms with Gasteiger partial charge >= 0.3 is 0 Å². The van der Waals surface area contributed by atoms with Gasteiger partial charge in [-0.1, -0.05) is 12.1 Å². The van der Waals surface area contributed by atoms with E-state index in [1.165, 1.54) is 6.26 Å². The highest BCUT2D eigenvalue weighted by molar-refractivity contribution is 7.90. The Labute approximate surface area is 121 Å². The number of sulfone groups is 1. The lowest BCUT2D eigenvalue weighted by atomic mass is 10.1. The van der Waals surface area contributed by atoms with Crippen LogP contribution in [0.2, 0.25) is 0 Å². The first-order valence-corrected chi connectivity index (χ1v) is 8.44. The van der Waals surface area contributed by atoms with Gasteiger partial charge in [0, 0.05) is 18.8 Å². The van der Waals surface area contributed by atoms with Crippen LogP contribution in [0.5, 0.6) is 0 Å². The summed E-state index contributed by atoms with van der Waals surface area (Å²) in [5.74, 6) is 0. The zero-order chi connectivity index (χ0) is 15.2. The standard InChI is InChI=1S/C14H23NO4S/c1-12(15(2)8-10-19-11-9-16)13-4-6-14(7-5-13)20(3,17)18/h4-7,12,16H,8-11H2,1-3H3/t12-/m0/s1. The number of ether oxygens (including phenoxy) is 1. The Morgan fingerprint density at radius 3 is 2.35 bits per heavy atom. The molecule has 1 rings (SSSR count). The summed E-state index contributed by atoms with van der Waals surface area (Å²) >= 11 is 0. The second kappa shape index (κ2) is 7.73. The number of hydrogen-bond donors (Lipinski definition) is 1. The van der Waals surface area contributed by atoms with Crippen LogP contribution in [0.15, 0.2) is 29.2 Å². The summed E-state index contributed by atoms with van der Waals surface area (Å²) in [4.78, 5) is 2.45. The van der Waals surface area contributed by atoms with Crippen molar-refractivity contribution < 1.29 is 18.3 Å². The van der Waals surface area contributed by atoms with Gasteiger partial charge in [0.2, 0.25) is 0 Å². The normalized spacial score (nSPS) is 13.7. The van der Waals surface area contributed by atoms with Crippen LogP contribution < -0.4 is 0 Å². The molecule has 0 aromatic heterocycles. The third kappa shape index (κ3) is 5.20. The van der Waals surface area contributed by atoms with E-state index in [0.29, 0.717) is 18.1 Å².